The van der Waals surface area contributed by atoms with Crippen LogP contribution in [0.3, 0.4) is 0 Å². The number of nitrogens with zero attached hydrogens (tertiary/aromatic N) is 5. The highest BCUT2D eigenvalue weighted by molar-refractivity contribution is 7.09. The highest BCUT2D eigenvalue weighted by atomic mass is 32.1. The lowest BCUT2D eigenvalue weighted by Crippen LogP contribution is -2.45. The Morgan fingerprint density at radius 3 is 2.59 bits per heavy atom. The number of aromatic nitrogens is 4. The van der Waals surface area contributed by atoms with Crippen molar-refractivity contribution in [2.45, 2.75) is 31.8 Å². The zero-order chi connectivity index (χ0) is 28.2. The number of carbonyl (C=O) groups excluding carboxylic acids is 1. The van der Waals surface area contributed by atoms with Gasteiger partial charge in [-0.3, -0.25) is 9.36 Å². The first-order valence-corrected chi connectivity index (χ1v) is 14.6. The number of anilines is 1. The van der Waals surface area contributed by atoms with Crippen LogP contribution < -0.4 is 15.3 Å². The lowest BCUT2D eigenvalue weighted by Gasteiger charge is -2.34. The molecule has 0 radical (unpaired) electrons. The molecule has 1 N–H and O–H groups in total. The zero-order valence-corrected chi connectivity index (χ0v) is 23.7. The number of nitrogens with one attached hydrogen (secondary N) is 1. The predicted molar refractivity (Wildman–Crippen MR) is 161 cm³/mol. The topological polar surface area (TPSA) is 96.4 Å². The van der Waals surface area contributed by atoms with Crippen LogP contribution in [-0.2, 0) is 17.8 Å². The first-order chi connectivity index (χ1) is 20.1. The first-order valence-electron chi connectivity index (χ1n) is 13.8. The van der Waals surface area contributed by atoms with Crippen LogP contribution in [0.2, 0.25) is 0 Å². The lowest BCUT2D eigenvalue weighted by atomic mass is 10.0. The van der Waals surface area contributed by atoms with Gasteiger partial charge in [-0.1, -0.05) is 54.6 Å². The number of H-pyrrole nitrogens is 1. The Balaban J connectivity index is 1.15. The van der Waals surface area contributed by atoms with Crippen LogP contribution in [0.25, 0.3) is 11.0 Å². The summed E-state index contributed by atoms with van der Waals surface area (Å²) in [5.41, 5.74) is 3.83. The molecule has 1 amide bonds. The molecule has 9 nitrogen and oxygen atoms in total. The van der Waals surface area contributed by atoms with Crippen molar-refractivity contribution in [1.82, 2.24) is 23.8 Å². The minimum Gasteiger partial charge on any atom is -0.497 e. The van der Waals surface area contributed by atoms with E-state index in [1.807, 2.05) is 81.1 Å². The summed E-state index contributed by atoms with van der Waals surface area (Å²) in [6.45, 7) is 1.97. The minimum absolute atomic E-state index is 0.0511. The number of carbonyl (C=O) groups is 1. The summed E-state index contributed by atoms with van der Waals surface area (Å²) in [6.07, 6.45) is 2.05. The molecule has 0 atom stereocenters. The lowest BCUT2D eigenvalue weighted by molar-refractivity contribution is -0.131. The fourth-order valence-electron chi connectivity index (χ4n) is 5.48. The second kappa shape index (κ2) is 12.0. The van der Waals surface area contributed by atoms with E-state index in [1.165, 1.54) is 11.5 Å². The Morgan fingerprint density at radius 1 is 1.02 bits per heavy atom. The maximum absolute atomic E-state index is 13.6. The van der Waals surface area contributed by atoms with Gasteiger partial charge in [-0.15, -0.1) is 0 Å². The van der Waals surface area contributed by atoms with Gasteiger partial charge < -0.3 is 19.5 Å². The zero-order valence-electron chi connectivity index (χ0n) is 22.9. The first kappa shape index (κ1) is 26.8. The van der Waals surface area contributed by atoms with Crippen LogP contribution in [0.4, 0.5) is 5.13 Å². The highest BCUT2D eigenvalue weighted by Gasteiger charge is 2.28. The third kappa shape index (κ3) is 6.02. The summed E-state index contributed by atoms with van der Waals surface area (Å²) >= 11 is 1.32. The summed E-state index contributed by atoms with van der Waals surface area (Å²) in [5, 5.41) is 0.723. The molecular formula is C31H32N6O3S. The Kier molecular flexibility index (Phi) is 7.82. The molecule has 0 spiro atoms. The second-order valence-electron chi connectivity index (χ2n) is 10.3. The van der Waals surface area contributed by atoms with E-state index in [4.69, 9.17) is 9.72 Å². The van der Waals surface area contributed by atoms with Gasteiger partial charge in [0.2, 0.25) is 11.0 Å². The fraction of sp³-hybridized carbons (Fsp3) is 0.290. The normalized spacial score (nSPS) is 13.9. The molecule has 1 fully saturated rings. The number of para-hydroxylation sites is 2. The van der Waals surface area contributed by atoms with Crippen LogP contribution in [0.1, 0.15) is 35.8 Å². The smallest absolute Gasteiger partial charge is 0.326 e. The largest absolute Gasteiger partial charge is 0.497 e. The van der Waals surface area contributed by atoms with Gasteiger partial charge in [0.25, 0.3) is 0 Å². The number of ether oxygens (including phenoxy) is 1. The van der Waals surface area contributed by atoms with E-state index in [0.29, 0.717) is 31.9 Å². The summed E-state index contributed by atoms with van der Waals surface area (Å²) in [5.74, 6) is 1.57. The van der Waals surface area contributed by atoms with Gasteiger partial charge in [0.15, 0.2) is 0 Å². The van der Waals surface area contributed by atoms with E-state index in [-0.39, 0.29) is 24.2 Å². The number of piperidine rings is 1. The molecule has 6 rings (SSSR count). The van der Waals surface area contributed by atoms with Crippen LogP contribution in [0, 0.1) is 0 Å². The maximum atomic E-state index is 13.6. The van der Waals surface area contributed by atoms with Gasteiger partial charge in [-0.05, 0) is 48.2 Å². The second-order valence-corrected chi connectivity index (χ2v) is 11.0. The maximum Gasteiger partial charge on any atom is 0.326 e. The van der Waals surface area contributed by atoms with Crippen LogP contribution in [-0.4, -0.2) is 56.5 Å². The van der Waals surface area contributed by atoms with E-state index >= 15 is 0 Å². The van der Waals surface area contributed by atoms with E-state index in [1.54, 1.807) is 7.11 Å². The molecule has 1 aliphatic rings. The number of benzene rings is 3. The van der Waals surface area contributed by atoms with E-state index < -0.39 is 0 Å². The van der Waals surface area contributed by atoms with Crippen molar-refractivity contribution in [3.05, 3.63) is 106 Å². The van der Waals surface area contributed by atoms with Crippen molar-refractivity contribution < 1.29 is 9.53 Å². The molecular weight excluding hydrogens is 536 g/mol. The third-order valence-corrected chi connectivity index (χ3v) is 8.39. The van der Waals surface area contributed by atoms with Gasteiger partial charge in [0.1, 0.15) is 11.6 Å². The quantitative estimate of drug-likeness (QED) is 0.278. The molecule has 1 saturated heterocycles. The van der Waals surface area contributed by atoms with Crippen LogP contribution >= 0.6 is 11.5 Å². The monoisotopic (exact) mass is 568 g/mol. The molecule has 2 aromatic heterocycles. The molecule has 10 heteroatoms. The highest BCUT2D eigenvalue weighted by Crippen LogP contribution is 2.26. The van der Waals surface area contributed by atoms with Crippen LogP contribution in [0.5, 0.6) is 5.75 Å². The molecule has 5 aromatic rings. The van der Waals surface area contributed by atoms with Crippen molar-refractivity contribution in [3.8, 4) is 5.75 Å². The number of methoxy groups -OCH3 is 1. The Hall–Kier alpha value is -4.44. The Morgan fingerprint density at radius 2 is 1.78 bits per heavy atom. The number of amides is 1. The van der Waals surface area contributed by atoms with Crippen molar-refractivity contribution >= 4 is 33.6 Å². The van der Waals surface area contributed by atoms with Gasteiger partial charge in [-0.25, -0.2) is 9.78 Å². The summed E-state index contributed by atoms with van der Waals surface area (Å²) < 4.78 is 11.8. The van der Waals surface area contributed by atoms with Gasteiger partial charge in [0, 0.05) is 43.6 Å². The summed E-state index contributed by atoms with van der Waals surface area (Å²) in [4.78, 5) is 37.9. The summed E-state index contributed by atoms with van der Waals surface area (Å²) in [6, 6.07) is 25.8. The van der Waals surface area contributed by atoms with Crippen molar-refractivity contribution in [2.24, 2.45) is 0 Å². The van der Waals surface area contributed by atoms with Crippen molar-refractivity contribution in [1.29, 1.82) is 0 Å². The standard InChI is InChI=1S/C31H32N6O3S/c1-40-25-11-7-10-23(18-25)19-28-33-31(41-34-28)36(20-22-8-3-2-4-9-22)21-29(38)35-16-14-24(15-17-35)37-27-13-6-5-12-26(27)32-30(37)39/h2-13,18,24H,14-17,19-21H2,1H3,(H,32,39). The number of aromatic amines is 1. The number of hydrogen-bond donors (Lipinski definition) is 1. The van der Waals surface area contributed by atoms with Crippen molar-refractivity contribution in [3.63, 3.8) is 0 Å². The molecule has 41 heavy (non-hydrogen) atoms. The number of hydrogen-bond acceptors (Lipinski definition) is 7. The minimum atomic E-state index is -0.0916. The SMILES string of the molecule is COc1cccc(Cc2nsc(N(CC(=O)N3CCC(n4c(=O)[nH]c5ccccc54)CC3)Cc3ccccc3)n2)c1. The predicted octanol–water partition coefficient (Wildman–Crippen LogP) is 4.65. The average molecular weight is 569 g/mol. The fourth-order valence-corrected chi connectivity index (χ4v) is 6.16. The molecule has 0 unspecified atom stereocenters. The molecule has 3 heterocycles. The molecule has 210 valence electrons. The van der Waals surface area contributed by atoms with Gasteiger partial charge in [-0.2, -0.15) is 4.37 Å². The van der Waals surface area contributed by atoms with E-state index in [9.17, 15) is 9.59 Å². The molecule has 0 saturated carbocycles. The average Bonchev–Trinajstić information content (AvgIpc) is 3.61. The van der Waals surface area contributed by atoms with Crippen LogP contribution in [0.15, 0.2) is 83.7 Å². The molecule has 0 bridgehead atoms. The van der Waals surface area contributed by atoms with Gasteiger partial charge >= 0.3 is 5.69 Å². The van der Waals surface area contributed by atoms with Crippen molar-refractivity contribution in [2.75, 3.05) is 31.6 Å². The van der Waals surface area contributed by atoms with E-state index in [2.05, 4.69) is 21.5 Å². The molecule has 0 aliphatic carbocycles. The molecule has 1 aliphatic heterocycles. The Bertz CT molecular complexity index is 1690. The van der Waals surface area contributed by atoms with Gasteiger partial charge in [0.05, 0.1) is 24.7 Å². The number of likely N-dealkylation sites (tertiary alicyclic amines) is 1. The number of imidazole rings is 1. The number of fused-ring (bicyclic) bond motifs is 1. The number of rotatable bonds is 9. The summed E-state index contributed by atoms with van der Waals surface area (Å²) in [7, 11) is 1.65. The Labute approximate surface area is 242 Å². The van der Waals surface area contributed by atoms with E-state index in [0.717, 1.165) is 45.9 Å². The third-order valence-electron chi connectivity index (χ3n) is 7.57. The molecule has 3 aromatic carbocycles.